The van der Waals surface area contributed by atoms with Crippen molar-refractivity contribution in [2.24, 2.45) is 0 Å². The summed E-state index contributed by atoms with van der Waals surface area (Å²) in [5.74, 6) is 0.0308. The number of piperidine rings is 1. The minimum atomic E-state index is -0.557. The van der Waals surface area contributed by atoms with Gasteiger partial charge in [-0.15, -0.1) is 0 Å². The Labute approximate surface area is 141 Å². The molecule has 1 fully saturated rings. The molecule has 3 nitrogen and oxygen atoms in total. The Morgan fingerprint density at radius 3 is 2.39 bits per heavy atom. The maximum Gasteiger partial charge on any atom is 0.253 e. The van der Waals surface area contributed by atoms with E-state index in [-0.39, 0.29) is 5.91 Å². The quantitative estimate of drug-likeness (QED) is 0.837. The Balaban J connectivity index is 1.77. The van der Waals surface area contributed by atoms with E-state index < -0.39 is 5.41 Å². The number of nitriles is 1. The predicted octanol–water partition coefficient (Wildman–Crippen LogP) is 4.04. The van der Waals surface area contributed by atoms with Gasteiger partial charge in [-0.2, -0.15) is 5.26 Å². The lowest BCUT2D eigenvalue weighted by Gasteiger charge is -2.37. The smallest absolute Gasteiger partial charge is 0.253 e. The van der Waals surface area contributed by atoms with Crippen LogP contribution in [0.15, 0.2) is 54.6 Å². The lowest BCUT2D eigenvalue weighted by molar-refractivity contribution is 0.0692. The summed E-state index contributed by atoms with van der Waals surface area (Å²) in [4.78, 5) is 14.3. The first-order chi connectivity index (χ1) is 11.1. The van der Waals surface area contributed by atoms with Crippen LogP contribution < -0.4 is 0 Å². The zero-order valence-electron chi connectivity index (χ0n) is 12.7. The molecule has 1 amide bonds. The fourth-order valence-electron chi connectivity index (χ4n) is 3.11. The molecular weight excluding hydrogens is 308 g/mol. The van der Waals surface area contributed by atoms with E-state index in [4.69, 9.17) is 11.6 Å². The summed E-state index contributed by atoms with van der Waals surface area (Å²) in [6.07, 6.45) is 1.25. The SMILES string of the molecule is N#CC1(c2cccc(Cl)c2)CCN(C(=O)c2ccccc2)CC1. The van der Waals surface area contributed by atoms with Gasteiger partial charge in [-0.05, 0) is 42.7 Å². The molecule has 0 bridgehead atoms. The summed E-state index contributed by atoms with van der Waals surface area (Å²) in [6, 6.07) is 19.2. The highest BCUT2D eigenvalue weighted by Crippen LogP contribution is 2.36. The molecule has 0 radical (unpaired) electrons. The van der Waals surface area contributed by atoms with Crippen molar-refractivity contribution in [3.8, 4) is 6.07 Å². The molecule has 0 N–H and O–H groups in total. The molecule has 0 spiro atoms. The standard InChI is InChI=1S/C19H17ClN2O/c20-17-8-4-7-16(13-17)19(14-21)9-11-22(12-10-19)18(23)15-5-2-1-3-6-15/h1-8,13H,9-12H2. The van der Waals surface area contributed by atoms with Gasteiger partial charge in [0, 0.05) is 23.7 Å². The molecule has 0 atom stereocenters. The zero-order valence-corrected chi connectivity index (χ0v) is 13.5. The number of hydrogen-bond donors (Lipinski definition) is 0. The van der Waals surface area contributed by atoms with Gasteiger partial charge in [0.25, 0.3) is 5.91 Å². The molecule has 4 heteroatoms. The number of halogens is 1. The maximum atomic E-state index is 12.5. The minimum Gasteiger partial charge on any atom is -0.339 e. The van der Waals surface area contributed by atoms with E-state index in [1.807, 2.05) is 59.5 Å². The molecule has 1 aliphatic rings. The van der Waals surface area contributed by atoms with Crippen LogP contribution in [-0.2, 0) is 5.41 Å². The number of amides is 1. The van der Waals surface area contributed by atoms with E-state index in [0.717, 1.165) is 5.56 Å². The third-order valence-electron chi connectivity index (χ3n) is 4.52. The molecule has 116 valence electrons. The third kappa shape index (κ3) is 3.09. The molecule has 3 rings (SSSR count). The number of carbonyl (C=O) groups excluding carboxylic acids is 1. The Morgan fingerprint density at radius 1 is 1.09 bits per heavy atom. The van der Waals surface area contributed by atoms with Gasteiger partial charge in [0.15, 0.2) is 0 Å². The van der Waals surface area contributed by atoms with Gasteiger partial charge in [0.05, 0.1) is 11.5 Å². The number of benzene rings is 2. The van der Waals surface area contributed by atoms with Gasteiger partial charge in [-0.3, -0.25) is 4.79 Å². The lowest BCUT2D eigenvalue weighted by atomic mass is 9.74. The minimum absolute atomic E-state index is 0.0308. The monoisotopic (exact) mass is 324 g/mol. The van der Waals surface area contributed by atoms with Crippen LogP contribution in [0.1, 0.15) is 28.8 Å². The van der Waals surface area contributed by atoms with Crippen LogP contribution in [0.5, 0.6) is 0 Å². The highest BCUT2D eigenvalue weighted by Gasteiger charge is 2.37. The van der Waals surface area contributed by atoms with Crippen LogP contribution in [0.25, 0.3) is 0 Å². The second-order valence-electron chi connectivity index (χ2n) is 5.86. The molecular formula is C19H17ClN2O. The first kappa shape index (κ1) is 15.6. The average Bonchev–Trinajstić information content (AvgIpc) is 2.62. The van der Waals surface area contributed by atoms with Crippen molar-refractivity contribution in [1.82, 2.24) is 4.90 Å². The lowest BCUT2D eigenvalue weighted by Crippen LogP contribution is -2.44. The van der Waals surface area contributed by atoms with E-state index in [1.165, 1.54) is 0 Å². The number of hydrogen-bond acceptors (Lipinski definition) is 2. The molecule has 1 aliphatic heterocycles. The van der Waals surface area contributed by atoms with Gasteiger partial charge in [0.1, 0.15) is 0 Å². The zero-order chi connectivity index (χ0) is 16.3. The van der Waals surface area contributed by atoms with Crippen molar-refractivity contribution in [2.75, 3.05) is 13.1 Å². The average molecular weight is 325 g/mol. The second-order valence-corrected chi connectivity index (χ2v) is 6.30. The Kier molecular flexibility index (Phi) is 4.36. The largest absolute Gasteiger partial charge is 0.339 e. The predicted molar refractivity (Wildman–Crippen MR) is 90.3 cm³/mol. The Bertz CT molecular complexity index is 743. The van der Waals surface area contributed by atoms with E-state index in [0.29, 0.717) is 36.5 Å². The molecule has 2 aromatic rings. The van der Waals surface area contributed by atoms with Crippen molar-refractivity contribution < 1.29 is 4.79 Å². The highest BCUT2D eigenvalue weighted by molar-refractivity contribution is 6.30. The van der Waals surface area contributed by atoms with E-state index in [9.17, 15) is 10.1 Å². The second kappa shape index (κ2) is 6.44. The van der Waals surface area contributed by atoms with E-state index >= 15 is 0 Å². The fourth-order valence-corrected chi connectivity index (χ4v) is 3.30. The molecule has 23 heavy (non-hydrogen) atoms. The number of rotatable bonds is 2. The first-order valence-corrected chi connectivity index (χ1v) is 8.04. The van der Waals surface area contributed by atoms with Gasteiger partial charge in [-0.1, -0.05) is 41.9 Å². The summed E-state index contributed by atoms with van der Waals surface area (Å²) in [5.41, 5.74) is 1.08. The van der Waals surface area contributed by atoms with Gasteiger partial charge < -0.3 is 4.90 Å². The molecule has 2 aromatic carbocycles. The Morgan fingerprint density at radius 2 is 1.78 bits per heavy atom. The summed E-state index contributed by atoms with van der Waals surface area (Å²) >= 11 is 6.07. The van der Waals surface area contributed by atoms with Crippen molar-refractivity contribution in [3.63, 3.8) is 0 Å². The van der Waals surface area contributed by atoms with E-state index in [2.05, 4.69) is 6.07 Å². The van der Waals surface area contributed by atoms with Crippen LogP contribution in [0.4, 0.5) is 0 Å². The summed E-state index contributed by atoms with van der Waals surface area (Å²) in [7, 11) is 0. The van der Waals surface area contributed by atoms with Crippen molar-refractivity contribution >= 4 is 17.5 Å². The molecule has 0 unspecified atom stereocenters. The van der Waals surface area contributed by atoms with Crippen molar-refractivity contribution in [3.05, 3.63) is 70.7 Å². The van der Waals surface area contributed by atoms with Gasteiger partial charge in [0.2, 0.25) is 0 Å². The number of carbonyl (C=O) groups is 1. The number of nitrogens with zero attached hydrogens (tertiary/aromatic N) is 2. The third-order valence-corrected chi connectivity index (χ3v) is 4.75. The highest BCUT2D eigenvalue weighted by atomic mass is 35.5. The van der Waals surface area contributed by atoms with Crippen LogP contribution in [0.3, 0.4) is 0 Å². The Hall–Kier alpha value is -2.31. The summed E-state index contributed by atoms with van der Waals surface area (Å²) in [6.45, 7) is 1.15. The number of likely N-dealkylation sites (tertiary alicyclic amines) is 1. The fraction of sp³-hybridized carbons (Fsp3) is 0.263. The summed E-state index contributed by atoms with van der Waals surface area (Å²) in [5, 5.41) is 10.4. The van der Waals surface area contributed by atoms with Crippen LogP contribution in [0, 0.1) is 11.3 Å². The molecule has 0 aliphatic carbocycles. The normalized spacial score (nSPS) is 16.6. The summed E-state index contributed by atoms with van der Waals surface area (Å²) < 4.78 is 0. The van der Waals surface area contributed by atoms with Gasteiger partial charge >= 0.3 is 0 Å². The van der Waals surface area contributed by atoms with Gasteiger partial charge in [-0.25, -0.2) is 0 Å². The van der Waals surface area contributed by atoms with Crippen molar-refractivity contribution in [2.45, 2.75) is 18.3 Å². The molecule has 1 heterocycles. The van der Waals surface area contributed by atoms with E-state index in [1.54, 1.807) is 0 Å². The van der Waals surface area contributed by atoms with Crippen LogP contribution in [-0.4, -0.2) is 23.9 Å². The van der Waals surface area contributed by atoms with Crippen molar-refractivity contribution in [1.29, 1.82) is 5.26 Å². The molecule has 0 saturated carbocycles. The molecule has 0 aromatic heterocycles. The first-order valence-electron chi connectivity index (χ1n) is 7.66. The topological polar surface area (TPSA) is 44.1 Å². The van der Waals surface area contributed by atoms with Crippen LogP contribution in [0.2, 0.25) is 5.02 Å². The van der Waals surface area contributed by atoms with Crippen LogP contribution >= 0.6 is 11.6 Å². The maximum absolute atomic E-state index is 12.5. The molecule has 1 saturated heterocycles.